The summed E-state index contributed by atoms with van der Waals surface area (Å²) in [7, 11) is 0. The number of fused-ring (bicyclic) bond motifs is 2. The number of rotatable bonds is 4. The molecule has 10 atom stereocenters. The lowest BCUT2D eigenvalue weighted by atomic mass is 9.38. The molecule has 0 aromatic heterocycles. The Kier molecular flexibility index (Phi) is 5.46. The second-order valence-corrected chi connectivity index (χ2v) is 14.3. The minimum absolute atomic E-state index is 0.113. The number of aliphatic hydroxyl groups excluding tert-OH is 2. The average Bonchev–Trinajstić information content (AvgIpc) is 3.09. The number of aliphatic hydroxyl groups is 3. The van der Waals surface area contributed by atoms with Gasteiger partial charge >= 0.3 is 0 Å². The molecule has 4 nitrogen and oxygen atoms in total. The predicted octanol–water partition coefficient (Wildman–Crippen LogP) is 5.61. The van der Waals surface area contributed by atoms with E-state index in [1.807, 2.05) is 19.9 Å². The molecule has 5 aliphatic rings. The van der Waals surface area contributed by atoms with E-state index in [1.54, 1.807) is 0 Å². The molecule has 0 aromatic carbocycles. The maximum Gasteiger partial charge on any atom is 0.162 e. The van der Waals surface area contributed by atoms with E-state index >= 15 is 0 Å². The normalized spacial score (nSPS) is 52.4. The Bertz CT molecular complexity index is 885. The van der Waals surface area contributed by atoms with Crippen LogP contribution in [0, 0.1) is 45.3 Å². The van der Waals surface area contributed by atoms with E-state index in [0.717, 1.165) is 32.1 Å². The minimum Gasteiger partial charge on any atom is -0.392 e. The Morgan fingerprint density at radius 3 is 2.41 bits per heavy atom. The van der Waals surface area contributed by atoms with Crippen molar-refractivity contribution in [3.05, 3.63) is 24.3 Å². The maximum absolute atomic E-state index is 11.6. The highest BCUT2D eigenvalue weighted by Gasteiger charge is 2.78. The second-order valence-electron chi connectivity index (χ2n) is 14.3. The number of allylic oxidation sites excluding steroid dienone is 2. The number of ether oxygens (including phenoxy) is 1. The standard InChI is InChI=1S/C30H48O4/c1-19(9-8-14-25(2,3)33)20-12-15-28(7)21-13-16-30-22(10-11-23(31)26(30,4)5)29(21,24(32)34-30)18-17-27(20,28)6/h8,13-14,16,19-24,31-33H,9-12,15,17-18H2,1-7H3/b14-8+. The van der Waals surface area contributed by atoms with Crippen LogP contribution in [0.5, 0.6) is 0 Å². The molecule has 1 heterocycles. The van der Waals surface area contributed by atoms with E-state index in [4.69, 9.17) is 4.74 Å². The van der Waals surface area contributed by atoms with Crippen molar-refractivity contribution in [2.45, 2.75) is 117 Å². The molecule has 1 spiro atoms. The van der Waals surface area contributed by atoms with Crippen molar-refractivity contribution >= 4 is 0 Å². The zero-order valence-corrected chi connectivity index (χ0v) is 22.5. The van der Waals surface area contributed by atoms with E-state index in [-0.39, 0.29) is 22.2 Å². The molecule has 4 heteroatoms. The summed E-state index contributed by atoms with van der Waals surface area (Å²) >= 11 is 0. The van der Waals surface area contributed by atoms with Gasteiger partial charge in [-0.25, -0.2) is 0 Å². The molecule has 0 aromatic rings. The van der Waals surface area contributed by atoms with E-state index in [2.05, 4.69) is 52.8 Å². The maximum atomic E-state index is 11.6. The Balaban J connectivity index is 1.50. The average molecular weight is 473 g/mol. The molecule has 3 saturated carbocycles. The third kappa shape index (κ3) is 2.92. The van der Waals surface area contributed by atoms with E-state index in [1.165, 1.54) is 12.8 Å². The SMILES string of the molecule is CC(C/C=C/C(C)(C)O)C1CCC2(C)C3C=CC45OC(O)C3(CCC12C)C4CCC(O)C5(C)C. The summed E-state index contributed by atoms with van der Waals surface area (Å²) in [4.78, 5) is 0. The van der Waals surface area contributed by atoms with Crippen molar-refractivity contribution in [3.63, 3.8) is 0 Å². The summed E-state index contributed by atoms with van der Waals surface area (Å²) in [5, 5.41) is 32.6. The highest BCUT2D eigenvalue weighted by Crippen LogP contribution is 2.78. The molecule has 10 unspecified atom stereocenters. The first-order valence-corrected chi connectivity index (χ1v) is 13.8. The lowest BCUT2D eigenvalue weighted by molar-refractivity contribution is -0.213. The molecule has 34 heavy (non-hydrogen) atoms. The van der Waals surface area contributed by atoms with Gasteiger partial charge in [-0.2, -0.15) is 0 Å². The van der Waals surface area contributed by atoms with E-state index in [9.17, 15) is 15.3 Å². The lowest BCUT2D eigenvalue weighted by Crippen LogP contribution is -2.65. The summed E-state index contributed by atoms with van der Waals surface area (Å²) in [6, 6.07) is 0. The van der Waals surface area contributed by atoms with Gasteiger partial charge in [0.1, 0.15) is 5.60 Å². The highest BCUT2D eigenvalue weighted by atomic mass is 16.6. The molecule has 3 N–H and O–H groups in total. The zero-order valence-electron chi connectivity index (χ0n) is 22.5. The van der Waals surface area contributed by atoms with Crippen LogP contribution in [0.25, 0.3) is 0 Å². The van der Waals surface area contributed by atoms with Crippen LogP contribution in [0.1, 0.15) is 93.4 Å². The summed E-state index contributed by atoms with van der Waals surface area (Å²) in [5.41, 5.74) is -1.67. The molecule has 4 aliphatic carbocycles. The molecule has 0 radical (unpaired) electrons. The van der Waals surface area contributed by atoms with Gasteiger partial charge in [-0.3, -0.25) is 0 Å². The highest BCUT2D eigenvalue weighted by molar-refractivity contribution is 5.34. The fourth-order valence-electron chi connectivity index (χ4n) is 9.98. The van der Waals surface area contributed by atoms with Gasteiger partial charge in [0.2, 0.25) is 0 Å². The third-order valence-corrected chi connectivity index (χ3v) is 12.2. The molecule has 4 fully saturated rings. The molecule has 192 valence electrons. The van der Waals surface area contributed by atoms with Gasteiger partial charge in [-0.15, -0.1) is 0 Å². The molecule has 1 saturated heterocycles. The van der Waals surface area contributed by atoms with Gasteiger partial charge in [0.15, 0.2) is 6.29 Å². The van der Waals surface area contributed by atoms with Gasteiger partial charge in [0.05, 0.1) is 11.7 Å². The van der Waals surface area contributed by atoms with Crippen LogP contribution in [0.2, 0.25) is 0 Å². The van der Waals surface area contributed by atoms with Crippen molar-refractivity contribution in [3.8, 4) is 0 Å². The van der Waals surface area contributed by atoms with Crippen molar-refractivity contribution in [1.82, 2.24) is 0 Å². The summed E-state index contributed by atoms with van der Waals surface area (Å²) in [6.45, 7) is 15.3. The second kappa shape index (κ2) is 7.43. The van der Waals surface area contributed by atoms with Crippen LogP contribution < -0.4 is 0 Å². The quantitative estimate of drug-likeness (QED) is 0.465. The van der Waals surface area contributed by atoms with Crippen molar-refractivity contribution in [2.24, 2.45) is 45.3 Å². The summed E-state index contributed by atoms with van der Waals surface area (Å²) in [6.07, 6.45) is 14.9. The summed E-state index contributed by atoms with van der Waals surface area (Å²) < 4.78 is 6.58. The van der Waals surface area contributed by atoms with Crippen LogP contribution in [-0.4, -0.2) is 38.9 Å². The fraction of sp³-hybridized carbons (Fsp3) is 0.867. The van der Waals surface area contributed by atoms with Crippen molar-refractivity contribution < 1.29 is 20.1 Å². The van der Waals surface area contributed by atoms with Gasteiger partial charge in [0, 0.05) is 16.7 Å². The smallest absolute Gasteiger partial charge is 0.162 e. The van der Waals surface area contributed by atoms with Crippen LogP contribution >= 0.6 is 0 Å². The molecular formula is C30H48O4. The number of hydrogen-bond acceptors (Lipinski definition) is 4. The van der Waals surface area contributed by atoms with E-state index < -0.39 is 29.0 Å². The largest absolute Gasteiger partial charge is 0.392 e. The lowest BCUT2D eigenvalue weighted by Gasteiger charge is -2.65. The zero-order chi connectivity index (χ0) is 24.9. The first-order valence-electron chi connectivity index (χ1n) is 13.8. The Hall–Kier alpha value is -0.680. The molecule has 1 aliphatic heterocycles. The van der Waals surface area contributed by atoms with Gasteiger partial charge in [-0.1, -0.05) is 58.9 Å². The minimum atomic E-state index is -0.769. The molecule has 0 amide bonds. The summed E-state index contributed by atoms with van der Waals surface area (Å²) in [5.74, 6) is 1.74. The van der Waals surface area contributed by atoms with Crippen LogP contribution in [0.3, 0.4) is 0 Å². The monoisotopic (exact) mass is 472 g/mol. The first kappa shape index (κ1) is 25.0. The molecular weight excluding hydrogens is 424 g/mol. The topological polar surface area (TPSA) is 69.9 Å². The Morgan fingerprint density at radius 1 is 1.03 bits per heavy atom. The van der Waals surface area contributed by atoms with Gasteiger partial charge in [0.25, 0.3) is 0 Å². The van der Waals surface area contributed by atoms with E-state index in [0.29, 0.717) is 17.8 Å². The van der Waals surface area contributed by atoms with Gasteiger partial charge in [-0.05, 0) is 87.4 Å². The van der Waals surface area contributed by atoms with Crippen molar-refractivity contribution in [1.29, 1.82) is 0 Å². The molecule has 2 bridgehead atoms. The van der Waals surface area contributed by atoms with Gasteiger partial charge < -0.3 is 20.1 Å². The predicted molar refractivity (Wildman–Crippen MR) is 135 cm³/mol. The van der Waals surface area contributed by atoms with Crippen LogP contribution in [0.4, 0.5) is 0 Å². The Morgan fingerprint density at radius 2 is 1.74 bits per heavy atom. The fourth-order valence-corrected chi connectivity index (χ4v) is 9.98. The van der Waals surface area contributed by atoms with Crippen LogP contribution in [0.15, 0.2) is 24.3 Å². The molecule has 5 rings (SSSR count). The van der Waals surface area contributed by atoms with Crippen LogP contribution in [-0.2, 0) is 4.74 Å². The third-order valence-electron chi connectivity index (χ3n) is 12.2. The first-order chi connectivity index (χ1) is 15.7. The van der Waals surface area contributed by atoms with Crippen molar-refractivity contribution in [2.75, 3.05) is 0 Å². The Labute approximate surface area is 206 Å². The number of hydrogen-bond donors (Lipinski definition) is 3.